The highest BCUT2D eigenvalue weighted by Gasteiger charge is 2.21. The zero-order chi connectivity index (χ0) is 14.8. The van der Waals surface area contributed by atoms with Crippen molar-refractivity contribution in [3.63, 3.8) is 0 Å². The van der Waals surface area contributed by atoms with Crippen LogP contribution in [-0.4, -0.2) is 32.9 Å². The van der Waals surface area contributed by atoms with Crippen molar-refractivity contribution in [3.8, 4) is 0 Å². The van der Waals surface area contributed by atoms with Crippen molar-refractivity contribution < 1.29 is 9.59 Å². The summed E-state index contributed by atoms with van der Waals surface area (Å²) in [4.78, 5) is 38.4. The van der Waals surface area contributed by atoms with Crippen molar-refractivity contribution in [2.75, 3.05) is 5.75 Å². The molecule has 2 aliphatic rings. The molecule has 1 aliphatic heterocycles. The van der Waals surface area contributed by atoms with Crippen molar-refractivity contribution in [2.24, 2.45) is 4.99 Å². The van der Waals surface area contributed by atoms with Crippen molar-refractivity contribution in [2.45, 2.75) is 32.1 Å². The summed E-state index contributed by atoms with van der Waals surface area (Å²) in [5.41, 5.74) is 2.10. The Bertz CT molecular complexity index is 695. The van der Waals surface area contributed by atoms with E-state index in [2.05, 4.69) is 20.5 Å². The van der Waals surface area contributed by atoms with Crippen LogP contribution < -0.4 is 10.9 Å². The maximum atomic E-state index is 12.0. The topological polar surface area (TPSA) is 104 Å². The quantitative estimate of drug-likeness (QED) is 0.796. The number of aromatic amines is 1. The highest BCUT2D eigenvalue weighted by atomic mass is 32.2. The molecule has 2 heterocycles. The van der Waals surface area contributed by atoms with E-state index < -0.39 is 0 Å². The lowest BCUT2D eigenvalue weighted by molar-refractivity contribution is -0.119. The molecule has 0 atom stereocenters. The first-order valence-corrected chi connectivity index (χ1v) is 7.75. The Hall–Kier alpha value is -1.96. The maximum absolute atomic E-state index is 12.0. The smallest absolute Gasteiger partial charge is 0.267 e. The zero-order valence-electron chi connectivity index (χ0n) is 11.3. The number of H-pyrrole nitrogens is 1. The molecule has 0 unspecified atom stereocenters. The number of carbonyl (C=O) groups is 2. The van der Waals surface area contributed by atoms with Gasteiger partial charge in [-0.15, -0.1) is 0 Å². The third kappa shape index (κ3) is 3.05. The first-order chi connectivity index (χ1) is 10.1. The molecule has 1 aliphatic carbocycles. The molecule has 2 amide bonds. The molecular formula is C13H14N4O3S. The Kier molecular flexibility index (Phi) is 3.87. The van der Waals surface area contributed by atoms with Gasteiger partial charge < -0.3 is 5.32 Å². The molecule has 7 nitrogen and oxygen atoms in total. The van der Waals surface area contributed by atoms with Gasteiger partial charge in [-0.2, -0.15) is 10.1 Å². The minimum absolute atomic E-state index is 0.0763. The third-order valence-electron chi connectivity index (χ3n) is 3.52. The van der Waals surface area contributed by atoms with Crippen LogP contribution in [0.15, 0.2) is 9.79 Å². The second kappa shape index (κ2) is 5.80. The first-order valence-electron chi connectivity index (χ1n) is 6.77. The summed E-state index contributed by atoms with van der Waals surface area (Å²) in [6.45, 7) is 0. The van der Waals surface area contributed by atoms with Gasteiger partial charge >= 0.3 is 0 Å². The number of aliphatic imine (C=N–C) groups is 1. The van der Waals surface area contributed by atoms with Gasteiger partial charge in [0.2, 0.25) is 5.91 Å². The molecule has 110 valence electrons. The molecule has 1 aromatic heterocycles. The molecule has 2 N–H and O–H groups in total. The second-order valence-corrected chi connectivity index (χ2v) is 5.95. The fourth-order valence-electron chi connectivity index (χ4n) is 2.56. The Labute approximate surface area is 124 Å². The normalized spacial score (nSPS) is 17.3. The average molecular weight is 306 g/mol. The van der Waals surface area contributed by atoms with E-state index in [9.17, 15) is 14.4 Å². The minimum Gasteiger partial charge on any atom is -0.305 e. The second-order valence-electron chi connectivity index (χ2n) is 4.99. The van der Waals surface area contributed by atoms with Crippen LogP contribution in [0, 0.1) is 0 Å². The van der Waals surface area contributed by atoms with Crippen LogP contribution in [0.3, 0.4) is 0 Å². The summed E-state index contributed by atoms with van der Waals surface area (Å²) in [5.74, 6) is -0.250. The van der Waals surface area contributed by atoms with E-state index in [1.165, 1.54) is 11.8 Å². The Balaban J connectivity index is 1.76. The van der Waals surface area contributed by atoms with E-state index in [1.54, 1.807) is 0 Å². The molecule has 21 heavy (non-hydrogen) atoms. The fourth-order valence-corrected chi connectivity index (χ4v) is 3.24. The fraction of sp³-hybridized carbons (Fsp3) is 0.462. The number of carbonyl (C=O) groups excluding carboxylic acids is 2. The molecule has 0 aromatic carbocycles. The molecule has 8 heteroatoms. The highest BCUT2D eigenvalue weighted by Crippen LogP contribution is 2.20. The number of hydrogen-bond acceptors (Lipinski definition) is 5. The minimum atomic E-state index is -0.275. The van der Waals surface area contributed by atoms with Crippen LogP contribution >= 0.6 is 11.8 Å². The van der Waals surface area contributed by atoms with Crippen LogP contribution in [0.1, 0.15) is 29.7 Å². The van der Waals surface area contributed by atoms with Gasteiger partial charge in [-0.05, 0) is 31.2 Å². The third-order valence-corrected chi connectivity index (χ3v) is 4.37. The van der Waals surface area contributed by atoms with Crippen molar-refractivity contribution in [1.82, 2.24) is 15.5 Å². The average Bonchev–Trinajstić information content (AvgIpc) is 2.87. The number of fused-ring (bicyclic) bond motifs is 1. The summed E-state index contributed by atoms with van der Waals surface area (Å²) >= 11 is 1.21. The van der Waals surface area contributed by atoms with E-state index in [4.69, 9.17) is 0 Å². The summed E-state index contributed by atoms with van der Waals surface area (Å²) in [7, 11) is 0. The van der Waals surface area contributed by atoms with Crippen LogP contribution in [0.2, 0.25) is 0 Å². The number of thioether (sulfide) groups is 1. The molecule has 0 saturated carbocycles. The van der Waals surface area contributed by atoms with Crippen LogP contribution in [0.4, 0.5) is 0 Å². The molecular weight excluding hydrogens is 292 g/mol. The number of nitrogens with one attached hydrogen (secondary N) is 2. The van der Waals surface area contributed by atoms with E-state index in [1.807, 2.05) is 0 Å². The lowest BCUT2D eigenvalue weighted by Crippen LogP contribution is -2.31. The van der Waals surface area contributed by atoms with Gasteiger partial charge in [0, 0.05) is 5.56 Å². The summed E-state index contributed by atoms with van der Waals surface area (Å²) in [6.07, 6.45) is 3.58. The Morgan fingerprint density at radius 1 is 1.24 bits per heavy atom. The van der Waals surface area contributed by atoms with Gasteiger partial charge in [-0.25, -0.2) is 5.10 Å². The number of amides is 2. The lowest BCUT2D eigenvalue weighted by Gasteiger charge is -2.17. The van der Waals surface area contributed by atoms with Gasteiger partial charge in [-0.3, -0.25) is 14.4 Å². The van der Waals surface area contributed by atoms with E-state index in [0.717, 1.165) is 36.8 Å². The van der Waals surface area contributed by atoms with Crippen LogP contribution in [0.25, 0.3) is 0 Å². The lowest BCUT2D eigenvalue weighted by atomic mass is 9.91. The van der Waals surface area contributed by atoms with Gasteiger partial charge in [0.1, 0.15) is 0 Å². The van der Waals surface area contributed by atoms with Crippen molar-refractivity contribution >= 4 is 28.7 Å². The van der Waals surface area contributed by atoms with Crippen LogP contribution in [0.5, 0.6) is 0 Å². The Morgan fingerprint density at radius 2 is 2.00 bits per heavy atom. The summed E-state index contributed by atoms with van der Waals surface area (Å²) < 4.78 is 0. The SMILES string of the molecule is O=C1CSC(NC(=O)Cc2n[nH]c(=O)c3c2CCCC3)=N1. The van der Waals surface area contributed by atoms with Crippen LogP contribution in [-0.2, 0) is 28.9 Å². The number of amidine groups is 1. The predicted molar refractivity (Wildman–Crippen MR) is 78.2 cm³/mol. The number of rotatable bonds is 2. The number of hydrogen-bond donors (Lipinski definition) is 2. The highest BCUT2D eigenvalue weighted by molar-refractivity contribution is 8.14. The predicted octanol–water partition coefficient (Wildman–Crippen LogP) is -0.0632. The number of aromatic nitrogens is 2. The molecule has 0 fully saturated rings. The van der Waals surface area contributed by atoms with Gasteiger partial charge in [0.25, 0.3) is 11.5 Å². The number of nitrogens with zero attached hydrogens (tertiary/aromatic N) is 2. The molecule has 0 radical (unpaired) electrons. The summed E-state index contributed by atoms with van der Waals surface area (Å²) in [5, 5.41) is 9.40. The first kappa shape index (κ1) is 14.0. The standard InChI is InChI=1S/C13H14N4O3S/c18-10(14-13-15-11(19)6-21-13)5-9-7-3-1-2-4-8(7)12(20)17-16-9/h1-6H2,(H,17,20)(H,14,15,18,19). The van der Waals surface area contributed by atoms with Crippen molar-refractivity contribution in [3.05, 3.63) is 27.2 Å². The van der Waals surface area contributed by atoms with Crippen molar-refractivity contribution in [1.29, 1.82) is 0 Å². The van der Waals surface area contributed by atoms with E-state index in [0.29, 0.717) is 10.9 Å². The molecule has 1 aromatic rings. The molecule has 0 saturated heterocycles. The maximum Gasteiger partial charge on any atom is 0.267 e. The van der Waals surface area contributed by atoms with Gasteiger partial charge in [-0.1, -0.05) is 11.8 Å². The van der Waals surface area contributed by atoms with E-state index in [-0.39, 0.29) is 29.5 Å². The molecule has 0 spiro atoms. The largest absolute Gasteiger partial charge is 0.305 e. The van der Waals surface area contributed by atoms with Gasteiger partial charge in [0.05, 0.1) is 17.9 Å². The Morgan fingerprint density at radius 3 is 2.71 bits per heavy atom. The zero-order valence-corrected chi connectivity index (χ0v) is 12.1. The molecule has 3 rings (SSSR count). The van der Waals surface area contributed by atoms with E-state index >= 15 is 0 Å². The molecule has 0 bridgehead atoms. The monoisotopic (exact) mass is 306 g/mol. The summed E-state index contributed by atoms with van der Waals surface area (Å²) in [6, 6.07) is 0. The van der Waals surface area contributed by atoms with Gasteiger partial charge in [0.15, 0.2) is 5.17 Å².